The summed E-state index contributed by atoms with van der Waals surface area (Å²) in [7, 11) is 0. The van der Waals surface area contributed by atoms with E-state index in [1.54, 1.807) is 0 Å². The highest BCUT2D eigenvalue weighted by Crippen LogP contribution is 2.22. The number of nitrogens with zero attached hydrogens (tertiary/aromatic N) is 2. The van der Waals surface area contributed by atoms with Crippen molar-refractivity contribution in [3.05, 3.63) is 65.0 Å². The fraction of sp³-hybridized carbons (Fsp3) is 0.500. The highest BCUT2D eigenvalue weighted by atomic mass is 32.2. The number of fused-ring (bicyclic) bond motifs is 1. The van der Waals surface area contributed by atoms with E-state index in [0.29, 0.717) is 0 Å². The van der Waals surface area contributed by atoms with E-state index < -0.39 is 0 Å². The molecule has 0 saturated carbocycles. The van der Waals surface area contributed by atoms with Crippen molar-refractivity contribution in [2.24, 2.45) is 4.99 Å². The van der Waals surface area contributed by atoms with Crippen molar-refractivity contribution in [2.75, 3.05) is 18.1 Å². The van der Waals surface area contributed by atoms with Crippen LogP contribution in [0.2, 0.25) is 0 Å². The molecule has 2 heterocycles. The zero-order valence-corrected chi connectivity index (χ0v) is 21.6. The third kappa shape index (κ3) is 8.88. The smallest absolute Gasteiger partial charge is 0.130 e. The van der Waals surface area contributed by atoms with Gasteiger partial charge in [0.1, 0.15) is 5.82 Å². The molecule has 1 aromatic heterocycles. The summed E-state index contributed by atoms with van der Waals surface area (Å²) in [6.07, 6.45) is 13.9. The second-order valence-corrected chi connectivity index (χ2v) is 10.3. The minimum absolute atomic E-state index is 0.152. The topological polar surface area (TPSA) is 53.1 Å². The Kier molecular flexibility index (Phi) is 10.3. The molecule has 0 bridgehead atoms. The number of hydrogen-bond acceptors (Lipinski definition) is 4. The number of nitrogens with one attached hydrogen (secondary N) is 2. The van der Waals surface area contributed by atoms with E-state index in [4.69, 9.17) is 4.98 Å². The van der Waals surface area contributed by atoms with Crippen LogP contribution in [0, 0.1) is 0 Å². The quantitative estimate of drug-likeness (QED) is 0.252. The van der Waals surface area contributed by atoms with Gasteiger partial charge in [-0.15, -0.1) is 0 Å². The van der Waals surface area contributed by atoms with Crippen LogP contribution < -0.4 is 5.32 Å². The zero-order chi connectivity index (χ0) is 23.5. The van der Waals surface area contributed by atoms with Gasteiger partial charge < -0.3 is 10.3 Å². The Hall–Kier alpha value is -2.27. The van der Waals surface area contributed by atoms with Crippen molar-refractivity contribution >= 4 is 28.6 Å². The van der Waals surface area contributed by atoms with Crippen LogP contribution in [0.4, 0.5) is 0 Å². The minimum atomic E-state index is 0.152. The lowest BCUT2D eigenvalue weighted by Gasteiger charge is -2.17. The molecular weight excluding hydrogens is 424 g/mol. The van der Waals surface area contributed by atoms with Gasteiger partial charge in [0.05, 0.1) is 22.9 Å². The van der Waals surface area contributed by atoms with Crippen LogP contribution in [-0.2, 0) is 0 Å². The molecule has 1 aliphatic rings. The summed E-state index contributed by atoms with van der Waals surface area (Å²) in [6, 6.07) is 8.40. The number of para-hydroxylation sites is 2. The van der Waals surface area contributed by atoms with Crippen LogP contribution in [0.5, 0.6) is 0 Å². The number of rotatable bonds is 12. The van der Waals surface area contributed by atoms with Crippen LogP contribution in [0.3, 0.4) is 0 Å². The number of allylic oxidation sites excluding steroid dienone is 5. The number of aromatic amines is 1. The summed E-state index contributed by atoms with van der Waals surface area (Å²) in [6.45, 7) is 9.79. The predicted molar refractivity (Wildman–Crippen MR) is 146 cm³/mol. The first kappa shape index (κ1) is 25.4. The Labute approximate surface area is 204 Å². The Balaban J connectivity index is 1.47. The van der Waals surface area contributed by atoms with Crippen molar-refractivity contribution in [2.45, 2.75) is 72.3 Å². The summed E-state index contributed by atoms with van der Waals surface area (Å²) in [4.78, 5) is 13.0. The highest BCUT2D eigenvalue weighted by molar-refractivity contribution is 7.99. The van der Waals surface area contributed by atoms with E-state index in [1.165, 1.54) is 23.1 Å². The van der Waals surface area contributed by atoms with Gasteiger partial charge in [0.2, 0.25) is 0 Å². The molecule has 1 unspecified atom stereocenters. The predicted octanol–water partition coefficient (Wildman–Crippen LogP) is 7.54. The van der Waals surface area contributed by atoms with Crippen LogP contribution >= 0.6 is 11.8 Å². The maximum absolute atomic E-state index is 4.84. The monoisotopic (exact) mass is 464 g/mol. The molecule has 0 aliphatic carbocycles. The van der Waals surface area contributed by atoms with Gasteiger partial charge in [-0.1, -0.05) is 47.1 Å². The van der Waals surface area contributed by atoms with Crippen LogP contribution in [-0.4, -0.2) is 33.9 Å². The number of amidine groups is 1. The molecule has 0 saturated heterocycles. The molecule has 0 amide bonds. The number of imidazole rings is 1. The maximum atomic E-state index is 4.84. The van der Waals surface area contributed by atoms with E-state index >= 15 is 0 Å². The lowest BCUT2D eigenvalue weighted by Crippen LogP contribution is -2.29. The second-order valence-electron chi connectivity index (χ2n) is 9.27. The lowest BCUT2D eigenvalue weighted by atomic mass is 10.1. The van der Waals surface area contributed by atoms with E-state index in [-0.39, 0.29) is 6.04 Å². The van der Waals surface area contributed by atoms with E-state index in [2.05, 4.69) is 79.4 Å². The molecule has 178 valence electrons. The van der Waals surface area contributed by atoms with Gasteiger partial charge in [-0.2, -0.15) is 11.8 Å². The molecule has 0 radical (unpaired) electrons. The Morgan fingerprint density at radius 1 is 1.06 bits per heavy atom. The van der Waals surface area contributed by atoms with E-state index in [0.717, 1.165) is 72.8 Å². The fourth-order valence-electron chi connectivity index (χ4n) is 3.91. The summed E-state index contributed by atoms with van der Waals surface area (Å²) < 4.78 is 0. The Morgan fingerprint density at radius 2 is 1.82 bits per heavy atom. The molecule has 4 nitrogen and oxygen atoms in total. The minimum Gasteiger partial charge on any atom is -0.363 e. The number of H-pyrrole nitrogens is 1. The fourth-order valence-corrected chi connectivity index (χ4v) is 4.93. The summed E-state index contributed by atoms with van der Waals surface area (Å²) >= 11 is 1.96. The largest absolute Gasteiger partial charge is 0.363 e. The van der Waals surface area contributed by atoms with Gasteiger partial charge >= 0.3 is 0 Å². The first-order valence-electron chi connectivity index (χ1n) is 12.3. The van der Waals surface area contributed by atoms with Gasteiger partial charge in [0, 0.05) is 24.5 Å². The van der Waals surface area contributed by atoms with Crippen molar-refractivity contribution in [1.29, 1.82) is 0 Å². The molecule has 0 fully saturated rings. The maximum Gasteiger partial charge on any atom is 0.130 e. The summed E-state index contributed by atoms with van der Waals surface area (Å²) in [5.74, 6) is 4.12. The number of thioether (sulfide) groups is 1. The van der Waals surface area contributed by atoms with E-state index in [1.807, 2.05) is 17.8 Å². The zero-order valence-electron chi connectivity index (χ0n) is 20.8. The number of hydrogen-bond donors (Lipinski definition) is 2. The lowest BCUT2D eigenvalue weighted by molar-refractivity contribution is 0.680. The Bertz CT molecular complexity index is 975. The van der Waals surface area contributed by atoms with Crippen LogP contribution in [0.25, 0.3) is 11.0 Å². The molecule has 1 atom stereocenters. The SMILES string of the molecule is CC(C)=CCCC(C)=CCCC(C)=CCSCC(NC1=NCCC1)c1nc2ccccc2[nH]1. The normalized spacial score (nSPS) is 15.6. The number of aromatic nitrogens is 2. The van der Waals surface area contributed by atoms with Gasteiger partial charge in [-0.05, 0) is 71.9 Å². The molecular formula is C28H40N4S. The van der Waals surface area contributed by atoms with Crippen molar-refractivity contribution in [3.8, 4) is 0 Å². The van der Waals surface area contributed by atoms with Crippen molar-refractivity contribution in [1.82, 2.24) is 15.3 Å². The van der Waals surface area contributed by atoms with E-state index in [9.17, 15) is 0 Å². The third-order valence-corrected chi connectivity index (χ3v) is 6.88. The molecule has 2 aromatic rings. The summed E-state index contributed by atoms with van der Waals surface area (Å²) in [5.41, 5.74) is 6.51. The Morgan fingerprint density at radius 3 is 2.55 bits per heavy atom. The molecule has 1 aromatic carbocycles. The average molecular weight is 465 g/mol. The van der Waals surface area contributed by atoms with Crippen molar-refractivity contribution < 1.29 is 0 Å². The molecule has 0 spiro atoms. The van der Waals surface area contributed by atoms with Gasteiger partial charge in [-0.3, -0.25) is 4.99 Å². The van der Waals surface area contributed by atoms with Crippen LogP contribution in [0.1, 0.15) is 78.1 Å². The molecule has 1 aliphatic heterocycles. The van der Waals surface area contributed by atoms with Crippen molar-refractivity contribution in [3.63, 3.8) is 0 Å². The third-order valence-electron chi connectivity index (χ3n) is 5.91. The molecule has 2 N–H and O–H groups in total. The van der Waals surface area contributed by atoms with Crippen LogP contribution in [0.15, 0.2) is 64.2 Å². The number of benzene rings is 1. The second kappa shape index (κ2) is 13.4. The van der Waals surface area contributed by atoms with Gasteiger partial charge in [-0.25, -0.2) is 4.98 Å². The summed E-state index contributed by atoms with van der Waals surface area (Å²) in [5, 5.41) is 3.65. The standard InChI is InChI=1S/C28H40N4S/c1-21(2)10-7-11-22(3)12-8-13-23(4)17-19-33-20-26(30-27-16-9-18-29-27)28-31-24-14-5-6-15-25(24)32-28/h5-6,10,12,14-15,17,26H,7-9,11,13,16,18-20H2,1-4H3,(H,29,30)(H,31,32). The first-order valence-corrected chi connectivity index (χ1v) is 13.4. The van der Waals surface area contributed by atoms with Gasteiger partial charge in [0.15, 0.2) is 0 Å². The highest BCUT2D eigenvalue weighted by Gasteiger charge is 2.18. The molecule has 33 heavy (non-hydrogen) atoms. The van der Waals surface area contributed by atoms with Gasteiger partial charge in [0.25, 0.3) is 0 Å². The average Bonchev–Trinajstić information content (AvgIpc) is 3.45. The number of aliphatic imine (C=N–C) groups is 1. The molecule has 5 heteroatoms. The molecule has 3 rings (SSSR count). The first-order chi connectivity index (χ1) is 16.0.